The summed E-state index contributed by atoms with van der Waals surface area (Å²) in [7, 11) is 0. The SMILES string of the molecule is CCCCCCCCCCCCc1ccc(-c2c(-c3ccc(CCCCCCCCCCCC)cc3)c(-c3ccc(C(C)(C)C)cc3)c(-c3ccc(Br)cc3)c(-c3ccc(Br)cc3)c2-c2ccc(C(C)(C)C)cc2)cc1. The van der Waals surface area contributed by atoms with Gasteiger partial charge < -0.3 is 0 Å². The molecule has 7 rings (SSSR count). The van der Waals surface area contributed by atoms with Crippen molar-refractivity contribution in [3.05, 3.63) is 177 Å². The van der Waals surface area contributed by atoms with E-state index in [1.807, 2.05) is 0 Å². The Morgan fingerprint density at radius 3 is 0.671 bits per heavy atom. The summed E-state index contributed by atoms with van der Waals surface area (Å²) in [5.74, 6) is 0. The summed E-state index contributed by atoms with van der Waals surface area (Å²) >= 11 is 7.67. The van der Waals surface area contributed by atoms with Crippen LogP contribution in [0, 0.1) is 0 Å². The lowest BCUT2D eigenvalue weighted by Crippen LogP contribution is -2.11. The molecule has 0 unspecified atom stereocenters. The van der Waals surface area contributed by atoms with Gasteiger partial charge in [-0.3, -0.25) is 0 Å². The molecule has 2 heteroatoms. The van der Waals surface area contributed by atoms with Crippen LogP contribution in [0.5, 0.6) is 0 Å². The minimum Gasteiger partial charge on any atom is -0.0654 e. The van der Waals surface area contributed by atoms with E-state index < -0.39 is 0 Å². The van der Waals surface area contributed by atoms with Gasteiger partial charge in [0.1, 0.15) is 0 Å². The molecule has 0 saturated carbocycles. The zero-order valence-corrected chi connectivity index (χ0v) is 51.3. The Morgan fingerprint density at radius 2 is 0.447 bits per heavy atom. The van der Waals surface area contributed by atoms with Gasteiger partial charge in [0.05, 0.1) is 0 Å². The van der Waals surface area contributed by atoms with Crippen LogP contribution < -0.4 is 0 Å². The molecule has 0 aliphatic heterocycles. The van der Waals surface area contributed by atoms with Crippen LogP contribution in [0.4, 0.5) is 0 Å². The lowest BCUT2D eigenvalue weighted by Gasteiger charge is -2.29. The van der Waals surface area contributed by atoms with Crippen LogP contribution in [0.1, 0.15) is 206 Å². The number of benzene rings is 7. The lowest BCUT2D eigenvalue weighted by molar-refractivity contribution is 0.556. The van der Waals surface area contributed by atoms with E-state index in [4.69, 9.17) is 0 Å². The zero-order valence-electron chi connectivity index (χ0n) is 48.2. The molecule has 7 aromatic rings. The van der Waals surface area contributed by atoms with Crippen molar-refractivity contribution in [1.82, 2.24) is 0 Å². The maximum atomic E-state index is 3.84. The number of hydrogen-bond acceptors (Lipinski definition) is 0. The van der Waals surface area contributed by atoms with E-state index in [1.165, 1.54) is 217 Å². The minimum atomic E-state index is 0.0203. The molecule has 76 heavy (non-hydrogen) atoms. The van der Waals surface area contributed by atoms with Gasteiger partial charge in [0, 0.05) is 8.95 Å². The fraction of sp³-hybridized carbons (Fsp3) is 0.432. The van der Waals surface area contributed by atoms with Crippen LogP contribution in [0.3, 0.4) is 0 Å². The van der Waals surface area contributed by atoms with Crippen molar-refractivity contribution in [3.63, 3.8) is 0 Å². The standard InChI is InChI=1S/C74H92Br2/c1-9-11-13-15-17-19-21-23-25-27-29-55-31-35-57(36-32-55)67-68(58-37-33-56(34-38-58)30-28-26-24-22-20-18-16-14-12-10-2)70(60-41-49-64(50-42-60)74(6,7)8)72(62-45-53-66(76)54-46-62)71(61-43-51-65(75)52-44-61)69(67)59-39-47-63(48-40-59)73(3,4)5/h31-54H,9-30H2,1-8H3. The van der Waals surface area contributed by atoms with Crippen molar-refractivity contribution in [1.29, 1.82) is 0 Å². The highest BCUT2D eigenvalue weighted by molar-refractivity contribution is 9.10. The Labute approximate surface area is 479 Å². The molecule has 0 fully saturated rings. The van der Waals surface area contributed by atoms with Crippen LogP contribution in [0.15, 0.2) is 155 Å². The van der Waals surface area contributed by atoms with Crippen LogP contribution >= 0.6 is 31.9 Å². The van der Waals surface area contributed by atoms with Gasteiger partial charge in [-0.05, 0) is 150 Å². The molecule has 0 aliphatic carbocycles. The van der Waals surface area contributed by atoms with Crippen molar-refractivity contribution < 1.29 is 0 Å². The van der Waals surface area contributed by atoms with Crippen molar-refractivity contribution >= 4 is 31.9 Å². The van der Waals surface area contributed by atoms with Crippen LogP contribution in [0.25, 0.3) is 66.8 Å². The molecule has 0 N–H and O–H groups in total. The van der Waals surface area contributed by atoms with Gasteiger partial charge in [0.2, 0.25) is 0 Å². The summed E-state index contributed by atoms with van der Waals surface area (Å²) in [5.41, 5.74) is 20.5. The number of aryl methyl sites for hydroxylation is 2. The average Bonchev–Trinajstić information content (AvgIpc) is 3.43. The second kappa shape index (κ2) is 29.5. The van der Waals surface area contributed by atoms with E-state index in [1.54, 1.807) is 0 Å². The first-order valence-corrected chi connectivity index (χ1v) is 31.5. The quantitative estimate of drug-likeness (QED) is 0.0429. The summed E-state index contributed by atoms with van der Waals surface area (Å²) in [6, 6.07) is 56.9. The second-order valence-electron chi connectivity index (χ2n) is 24.2. The van der Waals surface area contributed by atoms with Crippen molar-refractivity contribution in [3.8, 4) is 66.8 Å². The highest BCUT2D eigenvalue weighted by Gasteiger charge is 2.30. The minimum absolute atomic E-state index is 0.0203. The monoisotopic (exact) mass is 1140 g/mol. The van der Waals surface area contributed by atoms with Crippen LogP contribution in [-0.2, 0) is 23.7 Å². The Balaban J connectivity index is 1.42. The van der Waals surface area contributed by atoms with Gasteiger partial charge in [-0.25, -0.2) is 0 Å². The molecule has 0 bridgehead atoms. The summed E-state index contributed by atoms with van der Waals surface area (Å²) in [6.07, 6.45) is 29.3. The Bertz CT molecular complexity index is 2600. The first kappa shape index (κ1) is 59.2. The Kier molecular flexibility index (Phi) is 22.9. The highest BCUT2D eigenvalue weighted by atomic mass is 79.9. The maximum Gasteiger partial charge on any atom is 0.0175 e. The molecule has 0 amide bonds. The van der Waals surface area contributed by atoms with Gasteiger partial charge in [-0.15, -0.1) is 0 Å². The lowest BCUT2D eigenvalue weighted by atomic mass is 9.73. The summed E-state index contributed by atoms with van der Waals surface area (Å²) in [5, 5.41) is 0. The van der Waals surface area contributed by atoms with E-state index in [0.717, 1.165) is 21.8 Å². The molecule has 0 atom stereocenters. The fourth-order valence-corrected chi connectivity index (χ4v) is 11.8. The third-order valence-corrected chi connectivity index (χ3v) is 17.0. The summed E-state index contributed by atoms with van der Waals surface area (Å²) < 4.78 is 2.14. The maximum absolute atomic E-state index is 3.84. The van der Waals surface area contributed by atoms with Gasteiger partial charge in [-0.1, -0.05) is 324 Å². The summed E-state index contributed by atoms with van der Waals surface area (Å²) in [4.78, 5) is 0. The van der Waals surface area contributed by atoms with Gasteiger partial charge >= 0.3 is 0 Å². The molecular weight excluding hydrogens is 1050 g/mol. The molecule has 0 nitrogen and oxygen atoms in total. The molecule has 0 heterocycles. The fourth-order valence-electron chi connectivity index (χ4n) is 11.3. The van der Waals surface area contributed by atoms with Crippen molar-refractivity contribution in [2.75, 3.05) is 0 Å². The normalized spacial score (nSPS) is 11.9. The third kappa shape index (κ3) is 16.8. The van der Waals surface area contributed by atoms with Crippen LogP contribution in [-0.4, -0.2) is 0 Å². The van der Waals surface area contributed by atoms with E-state index in [2.05, 4.69) is 233 Å². The number of hydrogen-bond donors (Lipinski definition) is 0. The topological polar surface area (TPSA) is 0 Å². The zero-order chi connectivity index (χ0) is 53.9. The van der Waals surface area contributed by atoms with Gasteiger partial charge in [0.15, 0.2) is 0 Å². The predicted octanol–water partition coefficient (Wildman–Crippen LogP) is 24.7. The van der Waals surface area contributed by atoms with Gasteiger partial charge in [0.25, 0.3) is 0 Å². The molecule has 0 radical (unpaired) electrons. The molecule has 0 spiro atoms. The van der Waals surface area contributed by atoms with Crippen molar-refractivity contribution in [2.45, 2.75) is 207 Å². The summed E-state index contributed by atoms with van der Waals surface area (Å²) in [6.45, 7) is 18.5. The molecule has 402 valence electrons. The average molecular weight is 1140 g/mol. The third-order valence-electron chi connectivity index (χ3n) is 16.0. The molecule has 0 saturated heterocycles. The van der Waals surface area contributed by atoms with Gasteiger partial charge in [-0.2, -0.15) is 0 Å². The largest absolute Gasteiger partial charge is 0.0654 e. The van der Waals surface area contributed by atoms with E-state index in [9.17, 15) is 0 Å². The Morgan fingerprint density at radius 1 is 0.250 bits per heavy atom. The van der Waals surface area contributed by atoms with Crippen molar-refractivity contribution in [2.24, 2.45) is 0 Å². The molecule has 0 aromatic heterocycles. The van der Waals surface area contributed by atoms with E-state index in [0.29, 0.717) is 0 Å². The number of unbranched alkanes of at least 4 members (excludes halogenated alkanes) is 18. The molecule has 7 aromatic carbocycles. The number of rotatable bonds is 28. The Hall–Kier alpha value is -4.50. The first-order chi connectivity index (χ1) is 36.8. The molecule has 0 aliphatic rings. The number of halogens is 2. The van der Waals surface area contributed by atoms with E-state index >= 15 is 0 Å². The second-order valence-corrected chi connectivity index (χ2v) is 26.0. The highest BCUT2D eigenvalue weighted by Crippen LogP contribution is 2.56. The molecular formula is C74H92Br2. The smallest absolute Gasteiger partial charge is 0.0175 e. The predicted molar refractivity (Wildman–Crippen MR) is 343 cm³/mol. The first-order valence-electron chi connectivity index (χ1n) is 29.9. The van der Waals surface area contributed by atoms with E-state index in [-0.39, 0.29) is 10.8 Å². The van der Waals surface area contributed by atoms with Crippen LogP contribution in [0.2, 0.25) is 0 Å².